The number of fused-ring (bicyclic) bond motifs is 1. The highest BCUT2D eigenvalue weighted by Gasteiger charge is 2.21. The standard InChI is InChI=1S/C24H23N3O3/c1-15-13-20(16(2)27(15)14-18-9-5-4-6-10-18)24(29)30-17(3)22-25-21-12-8-7-11-19(21)23(28)26-22/h4-13,17H,14H2,1-3H3,(H,25,26,28)/t17-/m0/s1. The summed E-state index contributed by atoms with van der Waals surface area (Å²) in [6.07, 6.45) is -0.688. The molecule has 30 heavy (non-hydrogen) atoms. The predicted octanol–water partition coefficient (Wildman–Crippen LogP) is 4.31. The SMILES string of the molecule is Cc1cc(C(=O)O[C@@H](C)c2nc3ccccc3c(=O)[nH]2)c(C)n1Cc1ccccc1. The number of benzene rings is 2. The van der Waals surface area contributed by atoms with Crippen molar-refractivity contribution in [2.45, 2.75) is 33.4 Å². The lowest BCUT2D eigenvalue weighted by Gasteiger charge is -2.14. The van der Waals surface area contributed by atoms with Crippen molar-refractivity contribution in [3.63, 3.8) is 0 Å². The van der Waals surface area contributed by atoms with Crippen molar-refractivity contribution in [2.75, 3.05) is 0 Å². The van der Waals surface area contributed by atoms with Gasteiger partial charge in [-0.05, 0) is 44.5 Å². The fourth-order valence-electron chi connectivity index (χ4n) is 3.59. The summed E-state index contributed by atoms with van der Waals surface area (Å²) < 4.78 is 7.73. The molecule has 2 heterocycles. The van der Waals surface area contributed by atoms with E-state index in [2.05, 4.69) is 26.7 Å². The van der Waals surface area contributed by atoms with E-state index in [0.29, 0.717) is 28.8 Å². The van der Waals surface area contributed by atoms with Gasteiger partial charge in [-0.2, -0.15) is 0 Å². The molecule has 4 rings (SSSR count). The van der Waals surface area contributed by atoms with Crippen LogP contribution in [0.2, 0.25) is 0 Å². The highest BCUT2D eigenvalue weighted by molar-refractivity contribution is 5.91. The van der Waals surface area contributed by atoms with Gasteiger partial charge in [0.1, 0.15) is 0 Å². The Hall–Kier alpha value is -3.67. The molecule has 0 amide bonds. The number of H-pyrrole nitrogens is 1. The van der Waals surface area contributed by atoms with E-state index in [1.165, 1.54) is 0 Å². The topological polar surface area (TPSA) is 77.0 Å². The third-order valence-electron chi connectivity index (χ3n) is 5.28. The smallest absolute Gasteiger partial charge is 0.340 e. The maximum Gasteiger partial charge on any atom is 0.340 e. The Bertz CT molecular complexity index is 1270. The number of nitrogens with zero attached hydrogens (tertiary/aromatic N) is 2. The Morgan fingerprint density at radius 3 is 2.57 bits per heavy atom. The number of rotatable bonds is 5. The number of para-hydroxylation sites is 1. The van der Waals surface area contributed by atoms with Gasteiger partial charge in [0.2, 0.25) is 0 Å². The number of esters is 1. The fraction of sp³-hybridized carbons (Fsp3) is 0.208. The molecule has 0 saturated carbocycles. The summed E-state index contributed by atoms with van der Waals surface area (Å²) >= 11 is 0. The number of nitrogens with one attached hydrogen (secondary N) is 1. The second-order valence-corrected chi connectivity index (χ2v) is 7.37. The van der Waals surface area contributed by atoms with Crippen LogP contribution < -0.4 is 5.56 Å². The lowest BCUT2D eigenvalue weighted by molar-refractivity contribution is 0.0319. The largest absolute Gasteiger partial charge is 0.451 e. The maximum atomic E-state index is 12.9. The number of aryl methyl sites for hydroxylation is 1. The van der Waals surface area contributed by atoms with E-state index >= 15 is 0 Å². The molecule has 6 heteroatoms. The van der Waals surface area contributed by atoms with Crippen LogP contribution in [0.1, 0.15) is 46.2 Å². The Morgan fingerprint density at radius 2 is 1.80 bits per heavy atom. The number of hydrogen-bond acceptors (Lipinski definition) is 4. The molecule has 0 spiro atoms. The van der Waals surface area contributed by atoms with Crippen molar-refractivity contribution in [3.8, 4) is 0 Å². The quantitative estimate of drug-likeness (QED) is 0.506. The zero-order chi connectivity index (χ0) is 21.3. The van der Waals surface area contributed by atoms with Gasteiger partial charge in [0.05, 0.1) is 16.5 Å². The van der Waals surface area contributed by atoms with Crippen molar-refractivity contribution >= 4 is 16.9 Å². The van der Waals surface area contributed by atoms with E-state index in [-0.39, 0.29) is 5.56 Å². The minimum atomic E-state index is -0.688. The summed E-state index contributed by atoms with van der Waals surface area (Å²) in [5.74, 6) is -0.115. The van der Waals surface area contributed by atoms with Gasteiger partial charge in [-0.3, -0.25) is 4.79 Å². The maximum absolute atomic E-state index is 12.9. The van der Waals surface area contributed by atoms with Crippen molar-refractivity contribution in [1.29, 1.82) is 0 Å². The molecule has 0 radical (unpaired) electrons. The molecule has 152 valence electrons. The molecule has 1 N–H and O–H groups in total. The van der Waals surface area contributed by atoms with Gasteiger partial charge in [-0.1, -0.05) is 42.5 Å². The monoisotopic (exact) mass is 401 g/mol. The molecule has 4 aromatic rings. The van der Waals surface area contributed by atoms with Crippen LogP contribution in [0.3, 0.4) is 0 Å². The van der Waals surface area contributed by atoms with E-state index in [0.717, 1.165) is 17.0 Å². The van der Waals surface area contributed by atoms with Gasteiger partial charge in [0.15, 0.2) is 11.9 Å². The fourth-order valence-corrected chi connectivity index (χ4v) is 3.59. The normalized spacial score (nSPS) is 12.1. The molecule has 1 atom stereocenters. The second-order valence-electron chi connectivity index (χ2n) is 7.37. The third kappa shape index (κ3) is 3.76. The molecule has 0 bridgehead atoms. The van der Waals surface area contributed by atoms with Crippen LogP contribution in [0, 0.1) is 13.8 Å². The second kappa shape index (κ2) is 7.99. The first kappa shape index (κ1) is 19.6. The van der Waals surface area contributed by atoms with Crippen molar-refractivity contribution < 1.29 is 9.53 Å². The summed E-state index contributed by atoms with van der Waals surface area (Å²) in [6, 6.07) is 19.0. The van der Waals surface area contributed by atoms with Crippen LogP contribution in [0.4, 0.5) is 0 Å². The van der Waals surface area contributed by atoms with Gasteiger partial charge in [0.25, 0.3) is 5.56 Å². The lowest BCUT2D eigenvalue weighted by Crippen LogP contribution is -2.17. The summed E-state index contributed by atoms with van der Waals surface area (Å²) in [5.41, 5.74) is 3.81. The number of aromatic amines is 1. The Balaban J connectivity index is 1.57. The van der Waals surface area contributed by atoms with Gasteiger partial charge < -0.3 is 14.3 Å². The van der Waals surface area contributed by atoms with Crippen molar-refractivity contribution in [1.82, 2.24) is 14.5 Å². The van der Waals surface area contributed by atoms with Crippen molar-refractivity contribution in [2.24, 2.45) is 0 Å². The molecule has 2 aromatic heterocycles. The molecule has 0 fully saturated rings. The van der Waals surface area contributed by atoms with Crippen LogP contribution in [-0.4, -0.2) is 20.5 Å². The summed E-state index contributed by atoms with van der Waals surface area (Å²) in [5, 5.41) is 0.504. The first-order chi connectivity index (χ1) is 14.4. The van der Waals surface area contributed by atoms with Gasteiger partial charge in [-0.15, -0.1) is 0 Å². The van der Waals surface area contributed by atoms with Crippen molar-refractivity contribution in [3.05, 3.63) is 99.4 Å². The van der Waals surface area contributed by atoms with Crippen LogP contribution in [-0.2, 0) is 11.3 Å². The molecule has 0 saturated heterocycles. The molecule has 0 aliphatic heterocycles. The summed E-state index contributed by atoms with van der Waals surface area (Å²) in [6.45, 7) is 6.26. The van der Waals surface area contributed by atoms with Crippen LogP contribution >= 0.6 is 0 Å². The predicted molar refractivity (Wildman–Crippen MR) is 116 cm³/mol. The van der Waals surface area contributed by atoms with Gasteiger partial charge in [0, 0.05) is 17.9 Å². The molecule has 0 unspecified atom stereocenters. The summed E-state index contributed by atoms with van der Waals surface area (Å²) in [7, 11) is 0. The average Bonchev–Trinajstić information content (AvgIpc) is 3.03. The number of aromatic nitrogens is 3. The lowest BCUT2D eigenvalue weighted by atomic mass is 10.2. The zero-order valence-corrected chi connectivity index (χ0v) is 17.2. The number of carbonyl (C=O) groups excluding carboxylic acids is 1. The molecular formula is C24H23N3O3. The van der Waals surface area contributed by atoms with E-state index in [9.17, 15) is 9.59 Å². The number of carbonyl (C=O) groups is 1. The third-order valence-corrected chi connectivity index (χ3v) is 5.28. The number of ether oxygens (including phenoxy) is 1. The van der Waals surface area contributed by atoms with E-state index in [1.807, 2.05) is 44.2 Å². The minimum Gasteiger partial charge on any atom is -0.451 e. The zero-order valence-electron chi connectivity index (χ0n) is 17.2. The van der Waals surface area contributed by atoms with E-state index in [4.69, 9.17) is 4.74 Å². The first-order valence-corrected chi connectivity index (χ1v) is 9.84. The summed E-state index contributed by atoms with van der Waals surface area (Å²) in [4.78, 5) is 32.3. The molecule has 0 aliphatic carbocycles. The van der Waals surface area contributed by atoms with Gasteiger partial charge in [-0.25, -0.2) is 9.78 Å². The highest BCUT2D eigenvalue weighted by Crippen LogP contribution is 2.21. The van der Waals surface area contributed by atoms with Crippen LogP contribution in [0.5, 0.6) is 0 Å². The Kier molecular flexibility index (Phi) is 5.23. The molecule has 0 aliphatic rings. The Morgan fingerprint density at radius 1 is 1.10 bits per heavy atom. The average molecular weight is 401 g/mol. The minimum absolute atomic E-state index is 0.250. The molecule has 2 aromatic carbocycles. The number of hydrogen-bond donors (Lipinski definition) is 1. The highest BCUT2D eigenvalue weighted by atomic mass is 16.5. The molecule has 6 nitrogen and oxygen atoms in total. The van der Waals surface area contributed by atoms with E-state index < -0.39 is 12.1 Å². The van der Waals surface area contributed by atoms with E-state index in [1.54, 1.807) is 25.1 Å². The first-order valence-electron chi connectivity index (χ1n) is 9.84. The van der Waals surface area contributed by atoms with Crippen LogP contribution in [0.25, 0.3) is 10.9 Å². The molecular weight excluding hydrogens is 378 g/mol. The van der Waals surface area contributed by atoms with Crippen LogP contribution in [0.15, 0.2) is 65.5 Å². The van der Waals surface area contributed by atoms with Gasteiger partial charge >= 0.3 is 5.97 Å². The Labute approximate surface area is 174 Å².